The number of allylic oxidation sites excluding steroid dienone is 1. The maximum absolute atomic E-state index is 10.8. The smallest absolute Gasteiger partial charge is 0.269 e. The van der Waals surface area contributed by atoms with Gasteiger partial charge in [-0.15, -0.1) is 0 Å². The van der Waals surface area contributed by atoms with Crippen molar-refractivity contribution in [2.24, 2.45) is 0 Å². The topological polar surface area (TPSA) is 76.2 Å². The fraction of sp³-hybridized carbons (Fsp3) is 0.0870. The fourth-order valence-corrected chi connectivity index (χ4v) is 2.74. The van der Waals surface area contributed by atoms with Crippen LogP contribution in [-0.4, -0.2) is 11.5 Å². The lowest BCUT2D eigenvalue weighted by Crippen LogP contribution is -2.01. The van der Waals surface area contributed by atoms with Crippen LogP contribution in [0.2, 0.25) is 0 Å². The summed E-state index contributed by atoms with van der Waals surface area (Å²) < 4.78 is 5.83. The molecular formula is C23H18N2O3. The van der Waals surface area contributed by atoms with Crippen molar-refractivity contribution in [1.82, 2.24) is 0 Å². The van der Waals surface area contributed by atoms with Crippen LogP contribution in [-0.2, 0) is 6.42 Å². The van der Waals surface area contributed by atoms with Gasteiger partial charge in [-0.05, 0) is 47.0 Å². The highest BCUT2D eigenvalue weighted by molar-refractivity contribution is 5.89. The second-order valence-electron chi connectivity index (χ2n) is 6.13. The van der Waals surface area contributed by atoms with Gasteiger partial charge < -0.3 is 4.74 Å². The van der Waals surface area contributed by atoms with Crippen molar-refractivity contribution in [3.63, 3.8) is 0 Å². The number of non-ortho nitro benzene ring substituents is 1. The van der Waals surface area contributed by atoms with Gasteiger partial charge in [-0.3, -0.25) is 10.1 Å². The summed E-state index contributed by atoms with van der Waals surface area (Å²) in [6.07, 6.45) is 2.55. The Balaban J connectivity index is 1.71. The number of nitro benzene ring substituents is 1. The van der Waals surface area contributed by atoms with E-state index in [1.54, 1.807) is 18.2 Å². The first-order valence-corrected chi connectivity index (χ1v) is 8.79. The van der Waals surface area contributed by atoms with E-state index >= 15 is 0 Å². The number of hydrogen-bond donors (Lipinski definition) is 0. The number of ether oxygens (including phenoxy) is 1. The largest absolute Gasteiger partial charge is 0.493 e. The SMILES string of the molecule is N#CC(=Cc1cccc(OCCc2ccccc2)c1)c1ccc([N+](=O)[O-])cc1. The van der Waals surface area contributed by atoms with Crippen LogP contribution in [0.1, 0.15) is 16.7 Å². The maximum Gasteiger partial charge on any atom is 0.269 e. The summed E-state index contributed by atoms with van der Waals surface area (Å²) in [5.41, 5.74) is 3.09. The zero-order chi connectivity index (χ0) is 19.8. The van der Waals surface area contributed by atoms with Crippen LogP contribution in [0.5, 0.6) is 5.75 Å². The molecule has 0 atom stereocenters. The van der Waals surface area contributed by atoms with Gasteiger partial charge >= 0.3 is 0 Å². The predicted molar refractivity (Wildman–Crippen MR) is 109 cm³/mol. The monoisotopic (exact) mass is 370 g/mol. The Hall–Kier alpha value is -3.91. The molecular weight excluding hydrogens is 352 g/mol. The van der Waals surface area contributed by atoms with E-state index in [2.05, 4.69) is 18.2 Å². The van der Waals surface area contributed by atoms with Gasteiger partial charge in [0.25, 0.3) is 5.69 Å². The highest BCUT2D eigenvalue weighted by Crippen LogP contribution is 2.22. The molecule has 3 aromatic rings. The quantitative estimate of drug-likeness (QED) is 0.245. The molecule has 3 aromatic carbocycles. The average Bonchev–Trinajstić information content (AvgIpc) is 2.73. The van der Waals surface area contributed by atoms with Crippen molar-refractivity contribution in [1.29, 1.82) is 5.26 Å². The molecule has 138 valence electrons. The van der Waals surface area contributed by atoms with Crippen LogP contribution < -0.4 is 4.74 Å². The third kappa shape index (κ3) is 5.05. The lowest BCUT2D eigenvalue weighted by molar-refractivity contribution is -0.384. The molecule has 0 heterocycles. The first kappa shape index (κ1) is 18.9. The van der Waals surface area contributed by atoms with Gasteiger partial charge in [0.1, 0.15) is 5.75 Å². The molecule has 0 aliphatic carbocycles. The summed E-state index contributed by atoms with van der Waals surface area (Å²) in [6.45, 7) is 0.560. The summed E-state index contributed by atoms with van der Waals surface area (Å²) in [5.74, 6) is 0.727. The van der Waals surface area contributed by atoms with Crippen molar-refractivity contribution in [2.45, 2.75) is 6.42 Å². The summed E-state index contributed by atoms with van der Waals surface area (Å²) in [7, 11) is 0. The molecule has 0 radical (unpaired) electrons. The highest BCUT2D eigenvalue weighted by Gasteiger charge is 2.07. The number of hydrogen-bond acceptors (Lipinski definition) is 4. The van der Waals surface area contributed by atoms with E-state index in [1.165, 1.54) is 17.7 Å². The minimum atomic E-state index is -0.463. The van der Waals surface area contributed by atoms with Crippen LogP contribution in [0, 0.1) is 21.4 Å². The van der Waals surface area contributed by atoms with E-state index < -0.39 is 4.92 Å². The Kier molecular flexibility index (Phi) is 6.17. The molecule has 5 nitrogen and oxygen atoms in total. The molecule has 0 aliphatic rings. The summed E-state index contributed by atoms with van der Waals surface area (Å²) >= 11 is 0. The van der Waals surface area contributed by atoms with E-state index in [4.69, 9.17) is 4.74 Å². The van der Waals surface area contributed by atoms with Gasteiger partial charge in [0.15, 0.2) is 0 Å². The van der Waals surface area contributed by atoms with Crippen LogP contribution in [0.4, 0.5) is 5.69 Å². The second-order valence-corrected chi connectivity index (χ2v) is 6.13. The molecule has 0 spiro atoms. The molecule has 3 rings (SSSR count). The lowest BCUT2D eigenvalue weighted by Gasteiger charge is -2.07. The molecule has 0 N–H and O–H groups in total. The Labute approximate surface area is 163 Å². The number of nitrogens with zero attached hydrogens (tertiary/aromatic N) is 2. The third-order valence-corrected chi connectivity index (χ3v) is 4.18. The predicted octanol–water partition coefficient (Wildman–Crippen LogP) is 5.28. The minimum absolute atomic E-state index is 0.00477. The van der Waals surface area contributed by atoms with Crippen molar-refractivity contribution in [2.75, 3.05) is 6.61 Å². The van der Waals surface area contributed by atoms with Crippen LogP contribution in [0.25, 0.3) is 11.6 Å². The normalized spacial score (nSPS) is 10.9. The number of nitro groups is 1. The van der Waals surface area contributed by atoms with E-state index in [1.807, 2.05) is 42.5 Å². The van der Waals surface area contributed by atoms with E-state index in [9.17, 15) is 15.4 Å². The first-order valence-electron chi connectivity index (χ1n) is 8.79. The molecule has 0 fully saturated rings. The van der Waals surface area contributed by atoms with E-state index in [-0.39, 0.29) is 5.69 Å². The van der Waals surface area contributed by atoms with Crippen molar-refractivity contribution in [3.05, 3.63) is 106 Å². The van der Waals surface area contributed by atoms with Gasteiger partial charge in [-0.25, -0.2) is 0 Å². The molecule has 0 aromatic heterocycles. The zero-order valence-corrected chi connectivity index (χ0v) is 15.1. The molecule has 0 unspecified atom stereocenters. The standard InChI is InChI=1S/C23H18N2O3/c24-17-21(20-9-11-22(12-10-20)25(26)27)15-19-7-4-8-23(16-19)28-14-13-18-5-2-1-3-6-18/h1-12,15-16H,13-14H2. The lowest BCUT2D eigenvalue weighted by atomic mass is 10.0. The van der Waals surface area contributed by atoms with E-state index in [0.29, 0.717) is 17.7 Å². The molecule has 0 saturated heterocycles. The molecule has 0 aliphatic heterocycles. The van der Waals surface area contributed by atoms with Gasteiger partial charge in [0.2, 0.25) is 0 Å². The molecule has 28 heavy (non-hydrogen) atoms. The Bertz CT molecular complexity index is 1020. The Morgan fingerprint density at radius 2 is 1.79 bits per heavy atom. The average molecular weight is 370 g/mol. The number of benzene rings is 3. The van der Waals surface area contributed by atoms with Crippen LogP contribution in [0.3, 0.4) is 0 Å². The number of nitriles is 1. The van der Waals surface area contributed by atoms with Gasteiger partial charge in [-0.2, -0.15) is 5.26 Å². The van der Waals surface area contributed by atoms with Gasteiger partial charge in [-0.1, -0.05) is 42.5 Å². The molecule has 0 saturated carbocycles. The van der Waals surface area contributed by atoms with Gasteiger partial charge in [0, 0.05) is 18.6 Å². The van der Waals surface area contributed by atoms with E-state index in [0.717, 1.165) is 17.7 Å². The summed E-state index contributed by atoms with van der Waals surface area (Å²) in [4.78, 5) is 10.3. The molecule has 5 heteroatoms. The first-order chi connectivity index (χ1) is 13.7. The second kappa shape index (κ2) is 9.15. The van der Waals surface area contributed by atoms with Gasteiger partial charge in [0.05, 0.1) is 23.2 Å². The Morgan fingerprint density at radius 3 is 2.46 bits per heavy atom. The third-order valence-electron chi connectivity index (χ3n) is 4.18. The summed E-state index contributed by atoms with van der Waals surface area (Å²) in [6, 6.07) is 25.7. The minimum Gasteiger partial charge on any atom is -0.493 e. The highest BCUT2D eigenvalue weighted by atomic mass is 16.6. The van der Waals surface area contributed by atoms with Crippen LogP contribution in [0.15, 0.2) is 78.9 Å². The maximum atomic E-state index is 10.8. The summed E-state index contributed by atoms with van der Waals surface area (Å²) in [5, 5.41) is 20.2. The molecule has 0 bridgehead atoms. The molecule has 0 amide bonds. The zero-order valence-electron chi connectivity index (χ0n) is 15.1. The van der Waals surface area contributed by atoms with Crippen molar-refractivity contribution < 1.29 is 9.66 Å². The van der Waals surface area contributed by atoms with Crippen molar-refractivity contribution in [3.8, 4) is 11.8 Å². The Morgan fingerprint density at radius 1 is 1.04 bits per heavy atom. The number of rotatable bonds is 7. The fourth-order valence-electron chi connectivity index (χ4n) is 2.74. The van der Waals surface area contributed by atoms with Crippen LogP contribution >= 0.6 is 0 Å². The van der Waals surface area contributed by atoms with Crippen molar-refractivity contribution >= 4 is 17.3 Å².